The SMILES string of the molecule is CC(=O)O[C@H]1C[C@H]2[C@@](C)(CCC[C@]2(C)C(=O)O)[C@@H]2C[C@@H]3C4C[C@]12C[C@@]43C. The van der Waals surface area contributed by atoms with Gasteiger partial charge < -0.3 is 9.84 Å². The van der Waals surface area contributed by atoms with Crippen molar-refractivity contribution >= 4 is 11.9 Å². The third-order valence-corrected chi connectivity index (χ3v) is 10.2. The van der Waals surface area contributed by atoms with Crippen LogP contribution in [0, 0.1) is 45.3 Å². The van der Waals surface area contributed by atoms with Crippen LogP contribution < -0.4 is 0 Å². The summed E-state index contributed by atoms with van der Waals surface area (Å²) >= 11 is 0. The highest BCUT2D eigenvalue weighted by molar-refractivity contribution is 5.75. The van der Waals surface area contributed by atoms with Crippen LogP contribution in [0.15, 0.2) is 0 Å². The molecule has 4 bridgehead atoms. The fourth-order valence-corrected chi connectivity index (χ4v) is 9.11. The second-order valence-corrected chi connectivity index (χ2v) is 11.1. The predicted molar refractivity (Wildman–Crippen MR) is 96.2 cm³/mol. The first-order valence-corrected chi connectivity index (χ1v) is 10.5. The van der Waals surface area contributed by atoms with Crippen LogP contribution in [0.5, 0.6) is 0 Å². The Kier molecular flexibility index (Phi) is 3.07. The molecule has 0 aromatic rings. The van der Waals surface area contributed by atoms with Gasteiger partial charge in [0, 0.05) is 12.3 Å². The van der Waals surface area contributed by atoms with Crippen molar-refractivity contribution in [1.82, 2.24) is 0 Å². The second kappa shape index (κ2) is 4.67. The minimum absolute atomic E-state index is 0.0664. The number of rotatable bonds is 2. The summed E-state index contributed by atoms with van der Waals surface area (Å²) in [6, 6.07) is 0. The molecule has 6 rings (SSSR count). The standard InChI is InChI=1S/C22H32O4/c1-12(23)26-17-9-15-19(2,6-5-7-20(15,3)18(24)25)16-8-13-14-10-22(16,17)11-21(13,14)4/h13-17H,5-11H2,1-4H3,(H,24,25)/t13-,14?,15+,16+,17+,19-,20+,21-,22-/m1/s1. The van der Waals surface area contributed by atoms with Gasteiger partial charge in [0.2, 0.25) is 0 Å². The van der Waals surface area contributed by atoms with E-state index in [0.717, 1.165) is 37.5 Å². The van der Waals surface area contributed by atoms with E-state index in [-0.39, 0.29) is 28.8 Å². The Bertz CT molecular complexity index is 702. The smallest absolute Gasteiger partial charge is 0.309 e. The van der Waals surface area contributed by atoms with E-state index in [2.05, 4.69) is 13.8 Å². The highest BCUT2D eigenvalue weighted by Gasteiger charge is 2.81. The van der Waals surface area contributed by atoms with Gasteiger partial charge in [0.05, 0.1) is 5.41 Å². The van der Waals surface area contributed by atoms with Gasteiger partial charge in [0.1, 0.15) is 6.10 Å². The summed E-state index contributed by atoms with van der Waals surface area (Å²) in [5.74, 6) is 1.38. The second-order valence-electron chi connectivity index (χ2n) is 11.1. The largest absolute Gasteiger partial charge is 0.481 e. The van der Waals surface area contributed by atoms with E-state index in [1.807, 2.05) is 6.92 Å². The molecule has 1 unspecified atom stereocenters. The van der Waals surface area contributed by atoms with E-state index >= 15 is 0 Å². The van der Waals surface area contributed by atoms with Crippen molar-refractivity contribution in [2.75, 3.05) is 0 Å². The molecular formula is C22H32O4. The zero-order valence-corrected chi connectivity index (χ0v) is 16.5. The number of ether oxygens (including phenoxy) is 1. The molecule has 6 fully saturated rings. The highest BCUT2D eigenvalue weighted by atomic mass is 16.5. The number of carbonyl (C=O) groups excluding carboxylic acids is 1. The quantitative estimate of drug-likeness (QED) is 0.747. The molecule has 6 aliphatic carbocycles. The van der Waals surface area contributed by atoms with Crippen LogP contribution in [-0.4, -0.2) is 23.1 Å². The van der Waals surface area contributed by atoms with Crippen molar-refractivity contribution in [2.24, 2.45) is 45.3 Å². The van der Waals surface area contributed by atoms with Gasteiger partial charge in [0.25, 0.3) is 0 Å². The molecular weight excluding hydrogens is 328 g/mol. The van der Waals surface area contributed by atoms with E-state index in [4.69, 9.17) is 4.74 Å². The van der Waals surface area contributed by atoms with Crippen LogP contribution in [0.25, 0.3) is 0 Å². The molecule has 0 amide bonds. The van der Waals surface area contributed by atoms with E-state index in [0.29, 0.717) is 11.3 Å². The average molecular weight is 360 g/mol. The number of carboxylic acids is 1. The first-order valence-electron chi connectivity index (χ1n) is 10.5. The maximum atomic E-state index is 12.3. The summed E-state index contributed by atoms with van der Waals surface area (Å²) < 4.78 is 5.97. The van der Waals surface area contributed by atoms with Gasteiger partial charge >= 0.3 is 11.9 Å². The lowest BCUT2D eigenvalue weighted by molar-refractivity contribution is -0.228. The van der Waals surface area contributed by atoms with Crippen LogP contribution in [0.4, 0.5) is 0 Å². The Morgan fingerprint density at radius 1 is 1.00 bits per heavy atom. The zero-order valence-electron chi connectivity index (χ0n) is 16.5. The molecule has 1 spiro atoms. The van der Waals surface area contributed by atoms with Gasteiger partial charge in [-0.25, -0.2) is 0 Å². The monoisotopic (exact) mass is 360 g/mol. The minimum atomic E-state index is -0.694. The molecule has 144 valence electrons. The lowest BCUT2D eigenvalue weighted by Gasteiger charge is -2.66. The molecule has 0 radical (unpaired) electrons. The molecule has 26 heavy (non-hydrogen) atoms. The number of hydrogen-bond acceptors (Lipinski definition) is 3. The molecule has 9 atom stereocenters. The van der Waals surface area contributed by atoms with Crippen LogP contribution >= 0.6 is 0 Å². The average Bonchev–Trinajstić information content (AvgIpc) is 2.99. The molecule has 0 aromatic carbocycles. The lowest BCUT2D eigenvalue weighted by atomic mass is 9.38. The van der Waals surface area contributed by atoms with E-state index < -0.39 is 11.4 Å². The van der Waals surface area contributed by atoms with Crippen LogP contribution in [0.1, 0.15) is 72.6 Å². The normalized spacial score (nSPS) is 59.2. The van der Waals surface area contributed by atoms with Gasteiger partial charge in [-0.3, -0.25) is 9.59 Å². The van der Waals surface area contributed by atoms with Gasteiger partial charge in [-0.2, -0.15) is 0 Å². The molecule has 0 aliphatic heterocycles. The Balaban J connectivity index is 1.61. The Morgan fingerprint density at radius 2 is 1.73 bits per heavy atom. The fraction of sp³-hybridized carbons (Fsp3) is 0.909. The van der Waals surface area contributed by atoms with Crippen molar-refractivity contribution in [3.05, 3.63) is 0 Å². The van der Waals surface area contributed by atoms with Crippen LogP contribution in [0.3, 0.4) is 0 Å². The van der Waals surface area contributed by atoms with Crippen molar-refractivity contribution in [1.29, 1.82) is 0 Å². The maximum Gasteiger partial charge on any atom is 0.309 e. The Morgan fingerprint density at radius 3 is 2.31 bits per heavy atom. The number of aliphatic carboxylic acids is 1. The summed E-state index contributed by atoms with van der Waals surface area (Å²) in [7, 11) is 0. The van der Waals surface area contributed by atoms with Crippen molar-refractivity contribution in [3.8, 4) is 0 Å². The third-order valence-electron chi connectivity index (χ3n) is 10.2. The molecule has 6 aliphatic rings. The van der Waals surface area contributed by atoms with Crippen LogP contribution in [0.2, 0.25) is 0 Å². The summed E-state index contributed by atoms with van der Waals surface area (Å²) in [6.45, 7) is 8.29. The fourth-order valence-electron chi connectivity index (χ4n) is 9.11. The van der Waals surface area contributed by atoms with Crippen molar-refractivity contribution < 1.29 is 19.4 Å². The van der Waals surface area contributed by atoms with Crippen molar-refractivity contribution in [3.63, 3.8) is 0 Å². The molecule has 0 aromatic heterocycles. The van der Waals surface area contributed by atoms with Gasteiger partial charge in [0.15, 0.2) is 0 Å². The highest BCUT2D eigenvalue weighted by Crippen LogP contribution is 2.85. The topological polar surface area (TPSA) is 63.6 Å². The predicted octanol–water partition coefficient (Wildman–Crippen LogP) is 4.27. The van der Waals surface area contributed by atoms with Crippen LogP contribution in [-0.2, 0) is 14.3 Å². The summed E-state index contributed by atoms with van der Waals surface area (Å²) in [5.41, 5.74) is -0.0674. The minimum Gasteiger partial charge on any atom is -0.481 e. The first-order chi connectivity index (χ1) is 12.1. The number of carbonyl (C=O) groups is 2. The molecule has 4 nitrogen and oxygen atoms in total. The van der Waals surface area contributed by atoms with E-state index in [9.17, 15) is 14.7 Å². The van der Waals surface area contributed by atoms with E-state index in [1.165, 1.54) is 26.2 Å². The summed E-state index contributed by atoms with van der Waals surface area (Å²) in [4.78, 5) is 24.2. The molecule has 4 heteroatoms. The third kappa shape index (κ3) is 1.73. The molecule has 6 saturated carbocycles. The Hall–Kier alpha value is -1.06. The Labute approximate surface area is 156 Å². The molecule has 0 heterocycles. The number of hydrogen-bond donors (Lipinski definition) is 1. The van der Waals surface area contributed by atoms with Crippen molar-refractivity contribution in [2.45, 2.75) is 78.7 Å². The zero-order chi connectivity index (χ0) is 18.7. The first kappa shape index (κ1) is 17.1. The van der Waals surface area contributed by atoms with Gasteiger partial charge in [-0.05, 0) is 80.0 Å². The number of fused-ring (bicyclic) bond motifs is 1. The number of carboxylic acid groups (broad SMARTS) is 1. The maximum absolute atomic E-state index is 12.3. The van der Waals surface area contributed by atoms with Gasteiger partial charge in [-0.15, -0.1) is 0 Å². The summed E-state index contributed by atoms with van der Waals surface area (Å²) in [6.07, 6.45) is 7.14. The summed E-state index contributed by atoms with van der Waals surface area (Å²) in [5, 5.41) is 10.1. The van der Waals surface area contributed by atoms with Gasteiger partial charge in [-0.1, -0.05) is 20.3 Å². The van der Waals surface area contributed by atoms with E-state index in [1.54, 1.807) is 0 Å². The number of esters is 1. The molecule has 1 N–H and O–H groups in total. The molecule has 0 saturated heterocycles. The lowest BCUT2D eigenvalue weighted by Crippen LogP contribution is -2.64.